The van der Waals surface area contributed by atoms with Crippen LogP contribution in [0.25, 0.3) is 0 Å². The van der Waals surface area contributed by atoms with Crippen molar-refractivity contribution in [3.8, 4) is 0 Å². The zero-order valence-electron chi connectivity index (χ0n) is 12.5. The van der Waals surface area contributed by atoms with E-state index in [4.69, 9.17) is 16.0 Å². The second-order valence-electron chi connectivity index (χ2n) is 5.16. The van der Waals surface area contributed by atoms with Crippen LogP contribution in [0.5, 0.6) is 0 Å². The summed E-state index contributed by atoms with van der Waals surface area (Å²) in [7, 11) is 0. The number of carbonyl (C=O) groups is 2. The molecule has 0 aliphatic heterocycles. The quantitative estimate of drug-likeness (QED) is 0.767. The monoisotopic (exact) mass is 336 g/mol. The fourth-order valence-corrected chi connectivity index (χ4v) is 2.21. The molecule has 0 aliphatic rings. The molecule has 0 spiro atoms. The van der Waals surface area contributed by atoms with Gasteiger partial charge >= 0.3 is 0 Å². The van der Waals surface area contributed by atoms with E-state index in [0.29, 0.717) is 23.0 Å². The van der Waals surface area contributed by atoms with E-state index in [1.54, 1.807) is 30.3 Å². The molecule has 1 heterocycles. The summed E-state index contributed by atoms with van der Waals surface area (Å²) in [4.78, 5) is 23.2. The molecule has 0 unspecified atom stereocenters. The molecule has 1 aromatic carbocycles. The van der Waals surface area contributed by atoms with E-state index >= 15 is 0 Å². The predicted octanol–water partition coefficient (Wildman–Crippen LogP) is 0.452. The molecule has 23 heavy (non-hydrogen) atoms. The lowest BCUT2D eigenvalue weighted by Gasteiger charge is -2.16. The summed E-state index contributed by atoms with van der Waals surface area (Å²) in [5, 5.41) is 15.8. The summed E-state index contributed by atoms with van der Waals surface area (Å²) in [5.74, 6) is -1.09. The average Bonchev–Trinajstić information content (AvgIpc) is 3.00. The molecule has 0 aliphatic carbocycles. The van der Waals surface area contributed by atoms with Crippen molar-refractivity contribution in [2.45, 2.75) is 25.9 Å². The molecule has 0 saturated heterocycles. The minimum Gasteiger partial charge on any atom is -0.544 e. The fourth-order valence-electron chi connectivity index (χ4n) is 2.03. The number of amides is 1. The van der Waals surface area contributed by atoms with Crippen LogP contribution in [0.3, 0.4) is 0 Å². The van der Waals surface area contributed by atoms with Gasteiger partial charge in [-0.15, -0.1) is 0 Å². The molecule has 1 aromatic heterocycles. The maximum atomic E-state index is 12.0. The smallest absolute Gasteiger partial charge is 0.230 e. The normalized spacial score (nSPS) is 11.9. The maximum absolute atomic E-state index is 12.0. The Morgan fingerprint density at radius 2 is 2.17 bits per heavy atom. The van der Waals surface area contributed by atoms with Gasteiger partial charge in [0.25, 0.3) is 0 Å². The topological polar surface area (TPSA) is 99.0 Å². The number of furan rings is 1. The summed E-state index contributed by atoms with van der Waals surface area (Å²) in [6, 6.07) is 7.55. The molecule has 3 N–H and O–H groups in total. The number of nitrogens with one attached hydrogen (secondary N) is 1. The number of hydrogen-bond acceptors (Lipinski definition) is 4. The third kappa shape index (κ3) is 5.12. The lowest BCUT2D eigenvalue weighted by molar-refractivity contribution is -0.698. The highest BCUT2D eigenvalue weighted by molar-refractivity contribution is 6.31. The SMILES string of the molecule is Cc1ccc(NC(=O)C[C@H]([NH2+]Cc2ccco2)C(=O)[O-])cc1Cl. The van der Waals surface area contributed by atoms with Gasteiger partial charge in [0, 0.05) is 10.7 Å². The van der Waals surface area contributed by atoms with E-state index in [0.717, 1.165) is 5.56 Å². The zero-order valence-corrected chi connectivity index (χ0v) is 13.3. The van der Waals surface area contributed by atoms with Crippen molar-refractivity contribution in [2.24, 2.45) is 0 Å². The Balaban J connectivity index is 1.91. The first kappa shape index (κ1) is 17.1. The highest BCUT2D eigenvalue weighted by Crippen LogP contribution is 2.20. The lowest BCUT2D eigenvalue weighted by Crippen LogP contribution is -2.92. The first-order valence-corrected chi connectivity index (χ1v) is 7.46. The van der Waals surface area contributed by atoms with Gasteiger partial charge in [-0.3, -0.25) is 4.79 Å². The molecular weight excluding hydrogens is 320 g/mol. The number of carboxylic acids is 1. The van der Waals surface area contributed by atoms with Crippen molar-refractivity contribution >= 4 is 29.2 Å². The fraction of sp³-hybridized carbons (Fsp3) is 0.250. The average molecular weight is 337 g/mol. The first-order chi connectivity index (χ1) is 11.0. The Bertz CT molecular complexity index is 685. The van der Waals surface area contributed by atoms with Gasteiger partial charge in [-0.1, -0.05) is 17.7 Å². The number of quaternary nitrogens is 1. The highest BCUT2D eigenvalue weighted by Gasteiger charge is 2.19. The molecule has 0 bridgehead atoms. The number of halogens is 1. The molecule has 122 valence electrons. The van der Waals surface area contributed by atoms with Gasteiger partial charge in [-0.2, -0.15) is 0 Å². The molecule has 2 rings (SSSR count). The van der Waals surface area contributed by atoms with Crippen molar-refractivity contribution < 1.29 is 24.4 Å². The molecule has 2 aromatic rings. The molecule has 0 saturated carbocycles. The molecule has 0 fully saturated rings. The van der Waals surface area contributed by atoms with Crippen LogP contribution in [0.2, 0.25) is 5.02 Å². The van der Waals surface area contributed by atoms with Gasteiger partial charge in [-0.25, -0.2) is 0 Å². The number of carboxylic acid groups (broad SMARTS) is 1. The van der Waals surface area contributed by atoms with Gasteiger partial charge in [0.1, 0.15) is 12.6 Å². The van der Waals surface area contributed by atoms with Gasteiger partial charge in [0.2, 0.25) is 5.91 Å². The number of hydrogen-bond donors (Lipinski definition) is 2. The Morgan fingerprint density at radius 3 is 2.78 bits per heavy atom. The van der Waals surface area contributed by atoms with E-state index in [1.807, 2.05) is 6.92 Å². The van der Waals surface area contributed by atoms with Crippen molar-refractivity contribution in [1.82, 2.24) is 0 Å². The van der Waals surface area contributed by atoms with Crippen LogP contribution in [0.1, 0.15) is 17.7 Å². The van der Waals surface area contributed by atoms with Gasteiger partial charge in [-0.05, 0) is 36.8 Å². The Morgan fingerprint density at radius 1 is 1.39 bits per heavy atom. The molecule has 1 atom stereocenters. The maximum Gasteiger partial charge on any atom is 0.230 e. The van der Waals surface area contributed by atoms with Crippen LogP contribution in [-0.2, 0) is 16.1 Å². The number of rotatable bonds is 7. The molecule has 0 radical (unpaired) electrons. The van der Waals surface area contributed by atoms with E-state index in [-0.39, 0.29) is 6.42 Å². The van der Waals surface area contributed by atoms with Gasteiger partial charge in [0.15, 0.2) is 5.76 Å². The van der Waals surface area contributed by atoms with Crippen molar-refractivity contribution in [3.05, 3.63) is 52.9 Å². The van der Waals surface area contributed by atoms with Crippen LogP contribution in [0, 0.1) is 6.92 Å². The number of aliphatic carboxylic acids is 1. The van der Waals surface area contributed by atoms with Crippen LogP contribution < -0.4 is 15.7 Å². The standard InChI is InChI=1S/C16H17ClN2O4/c1-10-4-5-11(7-13(10)17)19-15(20)8-14(16(21)22)18-9-12-3-2-6-23-12/h2-7,14,18H,8-9H2,1H3,(H,19,20)(H,21,22)/t14-/m0/s1. The molecule has 6 nitrogen and oxygen atoms in total. The third-order valence-corrected chi connectivity index (χ3v) is 3.75. The van der Waals surface area contributed by atoms with E-state index < -0.39 is 17.9 Å². The van der Waals surface area contributed by atoms with Crippen LogP contribution in [0.15, 0.2) is 41.0 Å². The molecular formula is C16H17ClN2O4. The van der Waals surface area contributed by atoms with E-state index in [2.05, 4.69) is 5.32 Å². The summed E-state index contributed by atoms with van der Waals surface area (Å²) in [6.07, 6.45) is 1.29. The largest absolute Gasteiger partial charge is 0.544 e. The Hall–Kier alpha value is -2.31. The number of carbonyl (C=O) groups excluding carboxylic acids is 2. The minimum absolute atomic E-state index is 0.214. The van der Waals surface area contributed by atoms with Crippen LogP contribution in [0.4, 0.5) is 5.69 Å². The predicted molar refractivity (Wildman–Crippen MR) is 82.6 cm³/mol. The van der Waals surface area contributed by atoms with E-state index in [1.165, 1.54) is 11.6 Å². The number of nitrogens with two attached hydrogens (primary N) is 1. The summed E-state index contributed by atoms with van der Waals surface area (Å²) >= 11 is 5.99. The molecule has 1 amide bonds. The molecule has 7 heteroatoms. The summed E-state index contributed by atoms with van der Waals surface area (Å²) in [6.45, 7) is 2.17. The van der Waals surface area contributed by atoms with Gasteiger partial charge in [0.05, 0.1) is 18.7 Å². The number of anilines is 1. The van der Waals surface area contributed by atoms with Crippen molar-refractivity contribution in [2.75, 3.05) is 5.32 Å². The second-order valence-corrected chi connectivity index (χ2v) is 5.57. The van der Waals surface area contributed by atoms with Crippen LogP contribution in [-0.4, -0.2) is 17.9 Å². The van der Waals surface area contributed by atoms with Crippen LogP contribution >= 0.6 is 11.6 Å². The summed E-state index contributed by atoms with van der Waals surface area (Å²) < 4.78 is 5.13. The van der Waals surface area contributed by atoms with Crippen molar-refractivity contribution in [1.29, 1.82) is 0 Å². The zero-order chi connectivity index (χ0) is 16.8. The van der Waals surface area contributed by atoms with Crippen molar-refractivity contribution in [3.63, 3.8) is 0 Å². The minimum atomic E-state index is -1.30. The Kier molecular flexibility index (Phi) is 5.78. The third-order valence-electron chi connectivity index (χ3n) is 3.35. The first-order valence-electron chi connectivity index (χ1n) is 7.08. The lowest BCUT2D eigenvalue weighted by atomic mass is 10.1. The Labute approximate surface area is 138 Å². The summed E-state index contributed by atoms with van der Waals surface area (Å²) in [5.41, 5.74) is 1.41. The second kappa shape index (κ2) is 7.80. The number of benzene rings is 1. The van der Waals surface area contributed by atoms with E-state index in [9.17, 15) is 14.7 Å². The number of aryl methyl sites for hydroxylation is 1. The highest BCUT2D eigenvalue weighted by atomic mass is 35.5. The van der Waals surface area contributed by atoms with Gasteiger partial charge < -0.3 is 25.0 Å².